The Balaban J connectivity index is 2.02. The monoisotopic (exact) mass is 445 g/mol. The summed E-state index contributed by atoms with van der Waals surface area (Å²) < 4.78 is 0. The Morgan fingerprint density at radius 1 is 0.900 bits per heavy atom. The van der Waals surface area contributed by atoms with Gasteiger partial charge in [-0.25, -0.2) is 0 Å². The van der Waals surface area contributed by atoms with Crippen LogP contribution in [0.3, 0.4) is 0 Å². The maximum atomic E-state index is 13.5. The predicted octanol–water partition coefficient (Wildman–Crippen LogP) is 6.70. The molecule has 5 heteroatoms. The fourth-order valence-electron chi connectivity index (χ4n) is 5.48. The number of hydrogen-bond acceptors (Lipinski definition) is 3. The first-order valence-corrected chi connectivity index (χ1v) is 11.4. The van der Waals surface area contributed by atoms with E-state index in [-0.39, 0.29) is 22.4 Å². The lowest BCUT2D eigenvalue weighted by Crippen LogP contribution is -2.44. The highest BCUT2D eigenvalue weighted by Gasteiger charge is 2.48. The highest BCUT2D eigenvalue weighted by Crippen LogP contribution is 2.55. The van der Waals surface area contributed by atoms with E-state index in [0.717, 1.165) is 47.5 Å². The van der Waals surface area contributed by atoms with Gasteiger partial charge in [0.15, 0.2) is 11.6 Å². The molecule has 0 N–H and O–H groups in total. The molecular formula is C25H29Cl2NO2. The zero-order chi connectivity index (χ0) is 22.0. The zero-order valence-corrected chi connectivity index (χ0v) is 19.9. The van der Waals surface area contributed by atoms with Crippen LogP contribution < -0.4 is 0 Å². The second kappa shape index (κ2) is 7.24. The van der Waals surface area contributed by atoms with Gasteiger partial charge in [0.1, 0.15) is 0 Å². The van der Waals surface area contributed by atoms with Crippen molar-refractivity contribution in [2.45, 2.75) is 66.2 Å². The molecule has 3 nitrogen and oxygen atoms in total. The number of carbonyl (C=O) groups excluding carboxylic acids is 2. The number of carbonyl (C=O) groups is 2. The van der Waals surface area contributed by atoms with Crippen LogP contribution in [0.1, 0.15) is 71.8 Å². The lowest BCUT2D eigenvalue weighted by molar-refractivity contribution is -0.119. The van der Waals surface area contributed by atoms with Gasteiger partial charge in [-0.05, 0) is 48.3 Å². The first-order chi connectivity index (χ1) is 13.9. The van der Waals surface area contributed by atoms with Crippen molar-refractivity contribution < 1.29 is 9.59 Å². The molecule has 1 aromatic carbocycles. The van der Waals surface area contributed by atoms with Crippen LogP contribution in [0.15, 0.2) is 40.7 Å². The third-order valence-electron chi connectivity index (χ3n) is 6.61. The Bertz CT molecular complexity index is 962. The van der Waals surface area contributed by atoms with Gasteiger partial charge in [-0.15, -0.1) is 0 Å². The van der Waals surface area contributed by atoms with Gasteiger partial charge in [0.25, 0.3) is 0 Å². The molecule has 0 unspecified atom stereocenters. The number of rotatable bonds is 2. The van der Waals surface area contributed by atoms with Crippen molar-refractivity contribution in [1.29, 1.82) is 0 Å². The maximum Gasteiger partial charge on any atom is 0.162 e. The fourth-order valence-corrected chi connectivity index (χ4v) is 5.99. The molecule has 0 fully saturated rings. The van der Waals surface area contributed by atoms with E-state index in [9.17, 15) is 9.59 Å². The summed E-state index contributed by atoms with van der Waals surface area (Å²) in [6.07, 6.45) is 2.59. The van der Waals surface area contributed by atoms with Crippen LogP contribution in [0.4, 0.5) is 0 Å². The van der Waals surface area contributed by atoms with Gasteiger partial charge in [0.2, 0.25) is 0 Å². The number of benzene rings is 1. The van der Waals surface area contributed by atoms with Crippen molar-refractivity contribution in [2.75, 3.05) is 6.54 Å². The minimum atomic E-state index is -0.408. The van der Waals surface area contributed by atoms with Crippen LogP contribution in [0.25, 0.3) is 0 Å². The molecule has 0 radical (unpaired) electrons. The molecule has 0 saturated heterocycles. The van der Waals surface area contributed by atoms with Gasteiger partial charge in [-0.3, -0.25) is 9.59 Å². The molecule has 1 aromatic rings. The Morgan fingerprint density at radius 2 is 1.40 bits per heavy atom. The van der Waals surface area contributed by atoms with E-state index in [1.165, 1.54) is 0 Å². The lowest BCUT2D eigenvalue weighted by Gasteiger charge is -2.49. The van der Waals surface area contributed by atoms with Gasteiger partial charge in [-0.2, -0.15) is 0 Å². The summed E-state index contributed by atoms with van der Waals surface area (Å²) in [6.45, 7) is 11.4. The van der Waals surface area contributed by atoms with E-state index in [1.807, 2.05) is 6.07 Å². The minimum Gasteiger partial charge on any atom is -0.348 e. The molecule has 1 heterocycles. The van der Waals surface area contributed by atoms with Crippen LogP contribution in [-0.4, -0.2) is 23.0 Å². The van der Waals surface area contributed by atoms with Crippen molar-refractivity contribution in [3.05, 3.63) is 56.3 Å². The Labute approximate surface area is 189 Å². The number of allylic oxidation sites excluding steroid dienone is 4. The second-order valence-corrected chi connectivity index (χ2v) is 11.3. The predicted molar refractivity (Wildman–Crippen MR) is 122 cm³/mol. The Kier molecular flexibility index (Phi) is 5.22. The number of halogens is 2. The van der Waals surface area contributed by atoms with Gasteiger partial charge < -0.3 is 4.90 Å². The maximum absolute atomic E-state index is 13.5. The average molecular weight is 446 g/mol. The van der Waals surface area contributed by atoms with E-state index in [4.69, 9.17) is 23.2 Å². The van der Waals surface area contributed by atoms with E-state index >= 15 is 0 Å². The second-order valence-electron chi connectivity index (χ2n) is 10.4. The Morgan fingerprint density at radius 3 is 1.83 bits per heavy atom. The molecular weight excluding hydrogens is 417 g/mol. The highest BCUT2D eigenvalue weighted by atomic mass is 35.5. The molecule has 2 aliphatic carbocycles. The zero-order valence-electron chi connectivity index (χ0n) is 18.4. The highest BCUT2D eigenvalue weighted by molar-refractivity contribution is 6.35. The molecule has 3 aliphatic rings. The number of hydrogen-bond donors (Lipinski definition) is 0. The molecule has 160 valence electrons. The summed E-state index contributed by atoms with van der Waals surface area (Å²) in [6, 6.07) is 5.38. The summed E-state index contributed by atoms with van der Waals surface area (Å²) >= 11 is 12.8. The fraction of sp³-hybridized carbons (Fsp3) is 0.520. The summed E-state index contributed by atoms with van der Waals surface area (Å²) in [5.41, 5.74) is 4.24. The van der Waals surface area contributed by atoms with Gasteiger partial charge in [-0.1, -0.05) is 57.0 Å². The van der Waals surface area contributed by atoms with Crippen molar-refractivity contribution in [3.63, 3.8) is 0 Å². The van der Waals surface area contributed by atoms with Crippen molar-refractivity contribution in [2.24, 2.45) is 10.8 Å². The summed E-state index contributed by atoms with van der Waals surface area (Å²) in [5.74, 6) is -0.158. The molecule has 0 atom stereocenters. The van der Waals surface area contributed by atoms with E-state index < -0.39 is 5.92 Å². The largest absolute Gasteiger partial charge is 0.348 e. The molecule has 0 saturated carbocycles. The van der Waals surface area contributed by atoms with Gasteiger partial charge in [0, 0.05) is 57.9 Å². The SMILES string of the molecule is CCN1C2=C(C(=O)CC(C)(C)C2)C(c2ccc(Cl)cc2Cl)C2=C1CC(C)(C)CC2=O. The third kappa shape index (κ3) is 3.54. The molecule has 4 rings (SSSR count). The first-order valence-electron chi connectivity index (χ1n) is 10.7. The van der Waals surface area contributed by atoms with Crippen LogP contribution in [0.5, 0.6) is 0 Å². The van der Waals surface area contributed by atoms with Crippen molar-refractivity contribution in [1.82, 2.24) is 4.90 Å². The van der Waals surface area contributed by atoms with Crippen LogP contribution >= 0.6 is 23.2 Å². The smallest absolute Gasteiger partial charge is 0.162 e. The van der Waals surface area contributed by atoms with E-state index in [1.54, 1.807) is 12.1 Å². The van der Waals surface area contributed by atoms with Gasteiger partial charge >= 0.3 is 0 Å². The quantitative estimate of drug-likeness (QED) is 0.507. The molecule has 1 aliphatic heterocycles. The number of ketones is 2. The van der Waals surface area contributed by atoms with E-state index in [0.29, 0.717) is 22.9 Å². The number of Topliss-reactive ketones (excluding diaryl/α,β-unsaturated/α-hetero) is 2. The molecule has 0 bridgehead atoms. The summed E-state index contributed by atoms with van der Waals surface area (Å²) in [5, 5.41) is 1.05. The van der Waals surface area contributed by atoms with Crippen molar-refractivity contribution in [3.8, 4) is 0 Å². The molecule has 0 aromatic heterocycles. The van der Waals surface area contributed by atoms with Crippen LogP contribution in [0, 0.1) is 10.8 Å². The minimum absolute atomic E-state index is 0.107. The van der Waals surface area contributed by atoms with Crippen LogP contribution in [0.2, 0.25) is 10.0 Å². The lowest BCUT2D eigenvalue weighted by atomic mass is 9.63. The summed E-state index contributed by atoms with van der Waals surface area (Å²) in [7, 11) is 0. The van der Waals surface area contributed by atoms with E-state index in [2.05, 4.69) is 39.5 Å². The number of nitrogens with zero attached hydrogens (tertiary/aromatic N) is 1. The first kappa shape index (κ1) is 21.6. The van der Waals surface area contributed by atoms with Crippen molar-refractivity contribution >= 4 is 34.8 Å². The topological polar surface area (TPSA) is 37.4 Å². The third-order valence-corrected chi connectivity index (χ3v) is 7.17. The Hall–Kier alpha value is -1.58. The standard InChI is InChI=1S/C25H29Cl2NO2/c1-6-28-17-10-24(2,3)12-19(29)22(17)21(15-8-7-14(26)9-16(15)27)23-18(28)11-25(4,5)13-20(23)30/h7-9,21H,6,10-13H2,1-5H3. The summed E-state index contributed by atoms with van der Waals surface area (Å²) in [4.78, 5) is 29.2. The average Bonchev–Trinajstić information content (AvgIpc) is 2.58. The molecule has 0 spiro atoms. The van der Waals surface area contributed by atoms with Gasteiger partial charge in [0.05, 0.1) is 0 Å². The van der Waals surface area contributed by atoms with Crippen LogP contribution in [-0.2, 0) is 9.59 Å². The normalized spacial score (nSPS) is 23.6. The molecule has 30 heavy (non-hydrogen) atoms. The molecule has 0 amide bonds.